The van der Waals surface area contributed by atoms with Crippen LogP contribution in [0.2, 0.25) is 0 Å². The molecular formula is C15H22Cl2N2O4. The Labute approximate surface area is 145 Å². The zero-order valence-electron chi connectivity index (χ0n) is 13.7. The maximum Gasteiger partial charge on any atom is 0.331 e. The van der Waals surface area contributed by atoms with Gasteiger partial charge in [-0.2, -0.15) is 0 Å². The lowest BCUT2D eigenvalue weighted by molar-refractivity contribution is -0.150. The molecule has 0 aromatic carbocycles. The van der Waals surface area contributed by atoms with Crippen LogP contribution in [0.1, 0.15) is 62.5 Å². The fourth-order valence-corrected chi connectivity index (χ4v) is 2.27. The van der Waals surface area contributed by atoms with E-state index in [4.69, 9.17) is 32.5 Å². The van der Waals surface area contributed by atoms with Crippen LogP contribution in [-0.2, 0) is 9.53 Å². The van der Waals surface area contributed by atoms with Crippen LogP contribution in [0.5, 0.6) is 0 Å². The molecule has 1 heterocycles. The summed E-state index contributed by atoms with van der Waals surface area (Å²) in [4.78, 5) is 24.1. The third-order valence-corrected chi connectivity index (χ3v) is 3.80. The van der Waals surface area contributed by atoms with Gasteiger partial charge in [0.15, 0.2) is 0 Å². The van der Waals surface area contributed by atoms with Crippen molar-refractivity contribution >= 4 is 35.1 Å². The molecule has 0 aliphatic heterocycles. The highest BCUT2D eigenvalue weighted by atomic mass is 35.5. The number of esters is 1. The second kappa shape index (κ2) is 8.55. The lowest BCUT2D eigenvalue weighted by Crippen LogP contribution is -2.53. The second-order valence-corrected chi connectivity index (χ2v) is 6.98. The predicted molar refractivity (Wildman–Crippen MR) is 87.8 cm³/mol. The molecule has 0 bridgehead atoms. The number of carbonyl (C=O) groups excluding carboxylic acids is 2. The van der Waals surface area contributed by atoms with Crippen LogP contribution in [-0.4, -0.2) is 34.0 Å². The molecule has 1 rings (SSSR count). The van der Waals surface area contributed by atoms with E-state index in [1.165, 1.54) is 6.26 Å². The maximum atomic E-state index is 12.5. The highest BCUT2D eigenvalue weighted by Gasteiger charge is 2.37. The number of amides is 1. The first-order valence-corrected chi connectivity index (χ1v) is 8.30. The number of nitrogens with zero attached hydrogens (tertiary/aromatic N) is 1. The number of hydrogen-bond donors (Lipinski definition) is 1. The van der Waals surface area contributed by atoms with Crippen molar-refractivity contribution in [3.8, 4) is 0 Å². The van der Waals surface area contributed by atoms with Crippen molar-refractivity contribution in [3.63, 3.8) is 0 Å². The third-order valence-electron chi connectivity index (χ3n) is 3.37. The number of rotatable bonds is 8. The molecule has 0 saturated heterocycles. The Bertz CT molecular complexity index is 545. The molecule has 0 aliphatic rings. The standard InChI is InChI=1S/C15H22Cl2N2O4/c1-5-22-14(21)15(4,7-6-11(16)17)18-13(20)10-8-23-19-12(10)9(2)3/h8-9,11H,5-7H2,1-4H3,(H,18,20)/t15-/m0/s1. The molecule has 6 nitrogen and oxygen atoms in total. The molecule has 0 unspecified atom stereocenters. The van der Waals surface area contributed by atoms with E-state index in [-0.39, 0.29) is 18.9 Å². The molecule has 1 atom stereocenters. The smallest absolute Gasteiger partial charge is 0.331 e. The number of alkyl halides is 2. The van der Waals surface area contributed by atoms with Gasteiger partial charge in [-0.25, -0.2) is 4.79 Å². The van der Waals surface area contributed by atoms with Gasteiger partial charge < -0.3 is 14.6 Å². The summed E-state index contributed by atoms with van der Waals surface area (Å²) in [6.07, 6.45) is 1.85. The van der Waals surface area contributed by atoms with E-state index >= 15 is 0 Å². The number of nitrogens with one attached hydrogen (secondary N) is 1. The molecule has 8 heteroatoms. The minimum Gasteiger partial charge on any atom is -0.464 e. The number of halogens is 2. The van der Waals surface area contributed by atoms with Gasteiger partial charge in [-0.05, 0) is 32.6 Å². The lowest BCUT2D eigenvalue weighted by Gasteiger charge is -2.28. The fraction of sp³-hybridized carbons (Fsp3) is 0.667. The van der Waals surface area contributed by atoms with Crippen molar-refractivity contribution in [1.82, 2.24) is 10.5 Å². The van der Waals surface area contributed by atoms with Gasteiger partial charge in [-0.15, -0.1) is 23.2 Å². The van der Waals surface area contributed by atoms with Gasteiger partial charge in [0, 0.05) is 0 Å². The Morgan fingerprint density at radius 1 is 1.43 bits per heavy atom. The van der Waals surface area contributed by atoms with Crippen molar-refractivity contribution in [3.05, 3.63) is 17.5 Å². The van der Waals surface area contributed by atoms with Crippen molar-refractivity contribution in [2.75, 3.05) is 6.61 Å². The van der Waals surface area contributed by atoms with Gasteiger partial charge in [0.25, 0.3) is 5.91 Å². The predicted octanol–water partition coefficient (Wildman–Crippen LogP) is 3.43. The van der Waals surface area contributed by atoms with Crippen molar-refractivity contribution in [1.29, 1.82) is 0 Å². The van der Waals surface area contributed by atoms with Crippen LogP contribution in [0, 0.1) is 0 Å². The number of aromatic nitrogens is 1. The van der Waals surface area contributed by atoms with Crippen LogP contribution in [0.25, 0.3) is 0 Å². The normalized spacial score (nSPS) is 13.9. The van der Waals surface area contributed by atoms with Crippen LogP contribution in [0.15, 0.2) is 10.8 Å². The third kappa shape index (κ3) is 5.39. The summed E-state index contributed by atoms with van der Waals surface area (Å²) in [6, 6.07) is 0. The van der Waals surface area contributed by atoms with Crippen molar-refractivity contribution < 1.29 is 18.8 Å². The molecule has 0 aliphatic carbocycles. The minimum absolute atomic E-state index is 0.0124. The number of hydrogen-bond acceptors (Lipinski definition) is 5. The summed E-state index contributed by atoms with van der Waals surface area (Å²) in [7, 11) is 0. The molecule has 0 fully saturated rings. The molecular weight excluding hydrogens is 343 g/mol. The van der Waals surface area contributed by atoms with Gasteiger partial charge in [-0.1, -0.05) is 19.0 Å². The summed E-state index contributed by atoms with van der Waals surface area (Å²) in [6.45, 7) is 7.28. The van der Waals surface area contributed by atoms with Crippen molar-refractivity contribution in [2.45, 2.75) is 56.8 Å². The van der Waals surface area contributed by atoms with Crippen molar-refractivity contribution in [2.24, 2.45) is 0 Å². The van der Waals surface area contributed by atoms with Gasteiger partial charge >= 0.3 is 5.97 Å². The Hall–Kier alpha value is -1.27. The van der Waals surface area contributed by atoms with E-state index in [9.17, 15) is 9.59 Å². The topological polar surface area (TPSA) is 81.4 Å². The zero-order chi connectivity index (χ0) is 17.6. The summed E-state index contributed by atoms with van der Waals surface area (Å²) < 4.78 is 9.94. The summed E-state index contributed by atoms with van der Waals surface area (Å²) in [5.41, 5.74) is -0.411. The molecule has 1 N–H and O–H groups in total. The highest BCUT2D eigenvalue weighted by molar-refractivity contribution is 6.44. The van der Waals surface area contributed by atoms with E-state index in [1.54, 1.807) is 13.8 Å². The summed E-state index contributed by atoms with van der Waals surface area (Å²) >= 11 is 11.5. The average molecular weight is 365 g/mol. The first-order chi connectivity index (χ1) is 10.7. The van der Waals surface area contributed by atoms with Gasteiger partial charge in [-0.3, -0.25) is 4.79 Å². The number of carbonyl (C=O) groups is 2. The SMILES string of the molecule is CCOC(=O)[C@](C)(CCC(Cl)Cl)NC(=O)c1conc1C(C)C. The fourth-order valence-electron chi connectivity index (χ4n) is 2.05. The molecule has 0 saturated carbocycles. The molecule has 0 radical (unpaired) electrons. The summed E-state index contributed by atoms with van der Waals surface area (Å²) in [5, 5.41) is 6.53. The first kappa shape index (κ1) is 19.8. The average Bonchev–Trinajstić information content (AvgIpc) is 2.95. The Morgan fingerprint density at radius 3 is 2.61 bits per heavy atom. The largest absolute Gasteiger partial charge is 0.464 e. The monoisotopic (exact) mass is 364 g/mol. The second-order valence-electron chi connectivity index (χ2n) is 5.70. The van der Waals surface area contributed by atoms with Gasteiger partial charge in [0.05, 0.1) is 12.3 Å². The van der Waals surface area contributed by atoms with E-state index in [0.717, 1.165) is 0 Å². The van der Waals surface area contributed by atoms with Crippen LogP contribution in [0.4, 0.5) is 0 Å². The first-order valence-electron chi connectivity index (χ1n) is 7.43. The highest BCUT2D eigenvalue weighted by Crippen LogP contribution is 2.23. The van der Waals surface area contributed by atoms with Crippen LogP contribution >= 0.6 is 23.2 Å². The Kier molecular flexibility index (Phi) is 7.35. The van der Waals surface area contributed by atoms with E-state index in [0.29, 0.717) is 17.7 Å². The quantitative estimate of drug-likeness (QED) is 0.564. The molecule has 130 valence electrons. The van der Waals surface area contributed by atoms with Crippen LogP contribution < -0.4 is 5.32 Å². The Balaban J connectivity index is 2.97. The molecule has 1 aromatic heterocycles. The molecule has 1 aromatic rings. The van der Waals surface area contributed by atoms with E-state index in [1.807, 2.05) is 13.8 Å². The molecule has 23 heavy (non-hydrogen) atoms. The Morgan fingerprint density at radius 2 is 2.09 bits per heavy atom. The van der Waals surface area contributed by atoms with E-state index < -0.39 is 22.3 Å². The van der Waals surface area contributed by atoms with Crippen LogP contribution in [0.3, 0.4) is 0 Å². The van der Waals surface area contributed by atoms with Gasteiger partial charge in [0.1, 0.15) is 22.2 Å². The minimum atomic E-state index is -1.24. The number of ether oxygens (including phenoxy) is 1. The maximum absolute atomic E-state index is 12.5. The van der Waals surface area contributed by atoms with Gasteiger partial charge in [0.2, 0.25) is 0 Å². The molecule has 0 spiro atoms. The van der Waals surface area contributed by atoms with E-state index in [2.05, 4.69) is 10.5 Å². The zero-order valence-corrected chi connectivity index (χ0v) is 15.2. The summed E-state index contributed by atoms with van der Waals surface area (Å²) in [5.74, 6) is -0.977. The molecule has 1 amide bonds. The lowest BCUT2D eigenvalue weighted by atomic mass is 9.95.